The Morgan fingerprint density at radius 3 is 2.53 bits per heavy atom. The van der Waals surface area contributed by atoms with Gasteiger partial charge < -0.3 is 5.73 Å². The maximum Gasteiger partial charge on any atom is 0.0197 e. The molecule has 2 fully saturated rings. The van der Waals surface area contributed by atoms with Crippen molar-refractivity contribution in [1.29, 1.82) is 0 Å². The van der Waals surface area contributed by atoms with Crippen LogP contribution in [0, 0.1) is 17.8 Å². The molecule has 1 aromatic rings. The van der Waals surface area contributed by atoms with E-state index in [-0.39, 0.29) is 5.54 Å². The standard InChI is InChI=1S/C16H23N/c1-16(17,11-12-5-3-2-4-6-12)15-10-13-7-8-14(15)9-13/h2-6,13-15H,7-11,17H2,1H3. The molecule has 1 heteroatoms. The maximum absolute atomic E-state index is 6.64. The van der Waals surface area contributed by atoms with Crippen molar-refractivity contribution in [2.45, 2.75) is 44.6 Å². The predicted octanol–water partition coefficient (Wildman–Crippen LogP) is 3.38. The number of rotatable bonds is 3. The van der Waals surface area contributed by atoms with Crippen LogP contribution in [0.4, 0.5) is 0 Å². The molecule has 2 N–H and O–H groups in total. The van der Waals surface area contributed by atoms with Crippen molar-refractivity contribution in [1.82, 2.24) is 0 Å². The lowest BCUT2D eigenvalue weighted by Gasteiger charge is -2.37. The summed E-state index contributed by atoms with van der Waals surface area (Å²) in [5, 5.41) is 0. The fraction of sp³-hybridized carbons (Fsp3) is 0.625. The minimum absolute atomic E-state index is 0.0127. The molecule has 92 valence electrons. The SMILES string of the molecule is CC(N)(Cc1ccccc1)C1CC2CCC1C2. The number of hydrogen-bond donors (Lipinski definition) is 1. The number of fused-ring (bicyclic) bond motifs is 2. The lowest BCUT2D eigenvalue weighted by molar-refractivity contribution is 0.201. The topological polar surface area (TPSA) is 26.0 Å². The van der Waals surface area contributed by atoms with Crippen LogP contribution >= 0.6 is 0 Å². The van der Waals surface area contributed by atoms with E-state index in [0.29, 0.717) is 0 Å². The lowest BCUT2D eigenvalue weighted by atomic mass is 9.73. The van der Waals surface area contributed by atoms with Crippen LogP contribution in [0.25, 0.3) is 0 Å². The van der Waals surface area contributed by atoms with Crippen LogP contribution in [0.2, 0.25) is 0 Å². The zero-order valence-corrected chi connectivity index (χ0v) is 10.7. The summed E-state index contributed by atoms with van der Waals surface area (Å²) >= 11 is 0. The molecule has 0 amide bonds. The summed E-state index contributed by atoms with van der Waals surface area (Å²) in [5.74, 6) is 2.66. The molecule has 3 rings (SSSR count). The predicted molar refractivity (Wildman–Crippen MR) is 71.7 cm³/mol. The zero-order chi connectivity index (χ0) is 11.9. The molecule has 0 aromatic heterocycles. The van der Waals surface area contributed by atoms with E-state index in [1.807, 2.05) is 0 Å². The monoisotopic (exact) mass is 229 g/mol. The second-order valence-electron chi connectivity index (χ2n) is 6.45. The highest BCUT2D eigenvalue weighted by atomic mass is 14.8. The number of hydrogen-bond acceptors (Lipinski definition) is 1. The summed E-state index contributed by atoms with van der Waals surface area (Å²) in [6, 6.07) is 10.7. The van der Waals surface area contributed by atoms with Gasteiger partial charge in [0.25, 0.3) is 0 Å². The Labute approximate surface area is 104 Å². The molecule has 2 aliphatic carbocycles. The smallest absolute Gasteiger partial charge is 0.0197 e. The molecule has 4 unspecified atom stereocenters. The average Bonchev–Trinajstić information content (AvgIpc) is 2.91. The molecular weight excluding hydrogens is 206 g/mol. The Kier molecular flexibility index (Phi) is 2.74. The van der Waals surface area contributed by atoms with Crippen LogP contribution in [0.15, 0.2) is 30.3 Å². The fourth-order valence-electron chi connectivity index (χ4n) is 4.22. The van der Waals surface area contributed by atoms with E-state index in [1.165, 1.54) is 31.2 Å². The average molecular weight is 229 g/mol. The first-order chi connectivity index (χ1) is 8.15. The van der Waals surface area contributed by atoms with Crippen molar-refractivity contribution < 1.29 is 0 Å². The van der Waals surface area contributed by atoms with Crippen molar-refractivity contribution in [3.63, 3.8) is 0 Å². The summed E-state index contributed by atoms with van der Waals surface area (Å²) in [7, 11) is 0. The lowest BCUT2D eigenvalue weighted by Crippen LogP contribution is -2.48. The molecule has 4 atom stereocenters. The van der Waals surface area contributed by atoms with Gasteiger partial charge in [-0.2, -0.15) is 0 Å². The Morgan fingerprint density at radius 1 is 1.18 bits per heavy atom. The fourth-order valence-corrected chi connectivity index (χ4v) is 4.22. The van der Waals surface area contributed by atoms with Gasteiger partial charge in [0.1, 0.15) is 0 Å². The van der Waals surface area contributed by atoms with E-state index in [4.69, 9.17) is 5.73 Å². The number of benzene rings is 1. The van der Waals surface area contributed by atoms with Crippen LogP contribution in [0.1, 0.15) is 38.2 Å². The highest BCUT2D eigenvalue weighted by Crippen LogP contribution is 2.52. The van der Waals surface area contributed by atoms with Crippen molar-refractivity contribution >= 4 is 0 Å². The van der Waals surface area contributed by atoms with Crippen molar-refractivity contribution in [3.8, 4) is 0 Å². The minimum Gasteiger partial charge on any atom is -0.325 e. The van der Waals surface area contributed by atoms with Gasteiger partial charge in [-0.15, -0.1) is 0 Å². The highest BCUT2D eigenvalue weighted by molar-refractivity contribution is 5.18. The quantitative estimate of drug-likeness (QED) is 0.845. The molecule has 2 bridgehead atoms. The van der Waals surface area contributed by atoms with E-state index < -0.39 is 0 Å². The third-order valence-electron chi connectivity index (χ3n) is 5.01. The third-order valence-corrected chi connectivity index (χ3v) is 5.01. The van der Waals surface area contributed by atoms with Crippen molar-refractivity contribution in [2.24, 2.45) is 23.5 Å². The van der Waals surface area contributed by atoms with Gasteiger partial charge in [0, 0.05) is 5.54 Å². The van der Waals surface area contributed by atoms with Gasteiger partial charge in [-0.1, -0.05) is 36.8 Å². The molecule has 0 aliphatic heterocycles. The molecule has 1 nitrogen and oxygen atoms in total. The van der Waals surface area contributed by atoms with Gasteiger partial charge in [-0.05, 0) is 55.9 Å². The second-order valence-corrected chi connectivity index (χ2v) is 6.45. The zero-order valence-electron chi connectivity index (χ0n) is 10.7. The van der Waals surface area contributed by atoms with E-state index in [2.05, 4.69) is 37.3 Å². The second kappa shape index (κ2) is 4.13. The van der Waals surface area contributed by atoms with E-state index in [9.17, 15) is 0 Å². The van der Waals surface area contributed by atoms with Gasteiger partial charge in [0.15, 0.2) is 0 Å². The van der Waals surface area contributed by atoms with E-state index >= 15 is 0 Å². The molecular formula is C16H23N. The van der Waals surface area contributed by atoms with Crippen LogP contribution < -0.4 is 5.73 Å². The van der Waals surface area contributed by atoms with Gasteiger partial charge in [-0.25, -0.2) is 0 Å². The summed E-state index contributed by atoms with van der Waals surface area (Å²) in [6.07, 6.45) is 6.75. The van der Waals surface area contributed by atoms with Crippen molar-refractivity contribution in [2.75, 3.05) is 0 Å². The van der Waals surface area contributed by atoms with Crippen LogP contribution in [-0.4, -0.2) is 5.54 Å². The third kappa shape index (κ3) is 2.13. The summed E-state index contributed by atoms with van der Waals surface area (Å²) < 4.78 is 0. The van der Waals surface area contributed by atoms with Crippen LogP contribution in [0.5, 0.6) is 0 Å². The van der Waals surface area contributed by atoms with E-state index in [1.54, 1.807) is 0 Å². The maximum atomic E-state index is 6.64. The minimum atomic E-state index is -0.0127. The van der Waals surface area contributed by atoms with Gasteiger partial charge in [-0.3, -0.25) is 0 Å². The molecule has 2 saturated carbocycles. The normalized spacial score (nSPS) is 34.8. The van der Waals surface area contributed by atoms with Gasteiger partial charge in [0.2, 0.25) is 0 Å². The summed E-state index contributed by atoms with van der Waals surface area (Å²) in [5.41, 5.74) is 8.02. The molecule has 2 aliphatic rings. The molecule has 17 heavy (non-hydrogen) atoms. The summed E-state index contributed by atoms with van der Waals surface area (Å²) in [6.45, 7) is 2.27. The highest BCUT2D eigenvalue weighted by Gasteiger charge is 2.46. The number of nitrogens with two attached hydrogens (primary N) is 1. The first-order valence-corrected chi connectivity index (χ1v) is 6.98. The Balaban J connectivity index is 1.73. The largest absolute Gasteiger partial charge is 0.325 e. The molecule has 0 heterocycles. The Bertz CT molecular complexity index is 382. The van der Waals surface area contributed by atoms with Gasteiger partial charge in [0.05, 0.1) is 0 Å². The first-order valence-electron chi connectivity index (χ1n) is 6.98. The van der Waals surface area contributed by atoms with Gasteiger partial charge >= 0.3 is 0 Å². The molecule has 0 spiro atoms. The molecule has 0 radical (unpaired) electrons. The van der Waals surface area contributed by atoms with Crippen LogP contribution in [0.3, 0.4) is 0 Å². The molecule has 1 aromatic carbocycles. The molecule has 0 saturated heterocycles. The Hall–Kier alpha value is -0.820. The summed E-state index contributed by atoms with van der Waals surface area (Å²) in [4.78, 5) is 0. The Morgan fingerprint density at radius 2 is 1.94 bits per heavy atom. The van der Waals surface area contributed by atoms with Crippen molar-refractivity contribution in [3.05, 3.63) is 35.9 Å². The first kappa shape index (κ1) is 11.3. The van der Waals surface area contributed by atoms with Crippen LogP contribution in [-0.2, 0) is 6.42 Å². The van der Waals surface area contributed by atoms with E-state index in [0.717, 1.165) is 24.2 Å².